The lowest BCUT2D eigenvalue weighted by atomic mass is 9.77. The molecule has 6 aromatic rings. The van der Waals surface area contributed by atoms with Gasteiger partial charge in [0, 0.05) is 45.9 Å². The minimum atomic E-state index is 0.472. The number of halogens is 2. The Hall–Kier alpha value is -4.22. The quantitative estimate of drug-likeness (QED) is 0.158. The summed E-state index contributed by atoms with van der Waals surface area (Å²) in [7, 11) is 6.15. The van der Waals surface area contributed by atoms with Gasteiger partial charge < -0.3 is 16.0 Å². The number of benzene rings is 6. The first-order chi connectivity index (χ1) is 27.5. The van der Waals surface area contributed by atoms with Gasteiger partial charge in [-0.1, -0.05) is 151 Å². The van der Waals surface area contributed by atoms with E-state index in [1.165, 1.54) is 88.6 Å². The van der Waals surface area contributed by atoms with Gasteiger partial charge in [-0.15, -0.1) is 0 Å². The highest BCUT2D eigenvalue weighted by Crippen LogP contribution is 2.43. The van der Waals surface area contributed by atoms with Crippen molar-refractivity contribution in [1.82, 2.24) is 16.0 Å². The van der Waals surface area contributed by atoms with Gasteiger partial charge in [-0.05, 0) is 134 Å². The predicted octanol–water partition coefficient (Wildman–Crippen LogP) is 12.9. The molecule has 0 spiro atoms. The van der Waals surface area contributed by atoms with Crippen molar-refractivity contribution in [2.75, 3.05) is 21.1 Å². The monoisotopic (exact) mass is 779 g/mol. The molecule has 6 aromatic carbocycles. The number of rotatable bonds is 6. The van der Waals surface area contributed by atoms with Crippen LogP contribution < -0.4 is 16.0 Å². The van der Waals surface area contributed by atoms with Gasteiger partial charge in [-0.2, -0.15) is 0 Å². The lowest BCUT2D eigenvalue weighted by Crippen LogP contribution is -2.24. The average molecular weight is 781 g/mol. The van der Waals surface area contributed by atoms with Crippen LogP contribution in [-0.2, 0) is 0 Å². The van der Waals surface area contributed by atoms with Crippen molar-refractivity contribution >= 4 is 23.2 Å². The molecule has 0 bridgehead atoms. The van der Waals surface area contributed by atoms with Gasteiger partial charge in [0.25, 0.3) is 0 Å². The molecule has 5 heteroatoms. The Bertz CT molecular complexity index is 2150. The third-order valence-corrected chi connectivity index (χ3v) is 12.7. The zero-order valence-corrected chi connectivity index (χ0v) is 34.4. The third-order valence-electron chi connectivity index (χ3n) is 12.2. The number of nitrogens with one attached hydrogen (secondary N) is 3. The van der Waals surface area contributed by atoms with E-state index < -0.39 is 0 Å². The fourth-order valence-electron chi connectivity index (χ4n) is 9.41. The summed E-state index contributed by atoms with van der Waals surface area (Å²) >= 11 is 12.1. The molecule has 6 atom stereocenters. The molecule has 56 heavy (non-hydrogen) atoms. The molecule has 3 nitrogen and oxygen atoms in total. The van der Waals surface area contributed by atoms with Crippen molar-refractivity contribution in [2.45, 2.75) is 74.4 Å². The van der Waals surface area contributed by atoms with Crippen molar-refractivity contribution in [3.63, 3.8) is 0 Å². The van der Waals surface area contributed by atoms with E-state index in [9.17, 15) is 0 Å². The zero-order chi connectivity index (χ0) is 38.9. The van der Waals surface area contributed by atoms with E-state index in [0.717, 1.165) is 10.0 Å². The molecule has 0 saturated heterocycles. The molecule has 3 aliphatic rings. The zero-order valence-electron chi connectivity index (χ0n) is 32.9. The highest BCUT2D eigenvalue weighted by atomic mass is 35.5. The maximum Gasteiger partial charge on any atom is 0.0408 e. The van der Waals surface area contributed by atoms with E-state index in [1.54, 1.807) is 0 Å². The first kappa shape index (κ1) is 40.0. The minimum absolute atomic E-state index is 0.472. The van der Waals surface area contributed by atoms with E-state index in [0.29, 0.717) is 35.9 Å². The molecule has 9 rings (SSSR count). The topological polar surface area (TPSA) is 36.1 Å². The van der Waals surface area contributed by atoms with Gasteiger partial charge in [-0.25, -0.2) is 0 Å². The summed E-state index contributed by atoms with van der Waals surface area (Å²) < 4.78 is 0. The summed E-state index contributed by atoms with van der Waals surface area (Å²) in [4.78, 5) is 0. The maximum atomic E-state index is 6.13. The number of hydrogen-bond acceptors (Lipinski definition) is 3. The highest BCUT2D eigenvalue weighted by molar-refractivity contribution is 6.30. The van der Waals surface area contributed by atoms with Crippen LogP contribution in [0.5, 0.6) is 0 Å². The molecule has 288 valence electrons. The van der Waals surface area contributed by atoms with Crippen molar-refractivity contribution in [3.8, 4) is 0 Å². The normalized spacial score (nSPS) is 22.2. The summed E-state index contributed by atoms with van der Waals surface area (Å²) in [6.07, 6.45) is 7.15. The van der Waals surface area contributed by atoms with E-state index in [4.69, 9.17) is 23.2 Å². The van der Waals surface area contributed by atoms with Crippen LogP contribution in [0.15, 0.2) is 152 Å². The molecule has 3 aliphatic carbocycles. The summed E-state index contributed by atoms with van der Waals surface area (Å²) in [5.41, 5.74) is 12.9. The third kappa shape index (κ3) is 9.15. The molecule has 3 N–H and O–H groups in total. The van der Waals surface area contributed by atoms with Crippen LogP contribution in [-0.4, -0.2) is 21.1 Å². The van der Waals surface area contributed by atoms with Gasteiger partial charge >= 0.3 is 0 Å². The summed E-state index contributed by atoms with van der Waals surface area (Å²) in [6.45, 7) is 0. The molecule has 0 fully saturated rings. The van der Waals surface area contributed by atoms with Crippen LogP contribution in [0.25, 0.3) is 0 Å². The molecule has 0 aliphatic heterocycles. The number of hydrogen-bond donors (Lipinski definition) is 3. The molecule has 0 amide bonds. The summed E-state index contributed by atoms with van der Waals surface area (Å²) in [5, 5.41) is 11.9. The van der Waals surface area contributed by atoms with E-state index in [-0.39, 0.29) is 0 Å². The fourth-order valence-corrected chi connectivity index (χ4v) is 9.74. The van der Waals surface area contributed by atoms with Crippen molar-refractivity contribution in [2.24, 2.45) is 0 Å². The van der Waals surface area contributed by atoms with Crippen LogP contribution in [0, 0.1) is 0 Å². The van der Waals surface area contributed by atoms with Gasteiger partial charge in [0.05, 0.1) is 0 Å². The average Bonchev–Trinajstić information content (AvgIpc) is 3.26. The second-order valence-corrected chi connectivity index (χ2v) is 16.2. The molecular weight excluding hydrogens is 725 g/mol. The van der Waals surface area contributed by atoms with Crippen molar-refractivity contribution in [3.05, 3.63) is 212 Å². The first-order valence-electron chi connectivity index (χ1n) is 20.3. The molecule has 0 heterocycles. The van der Waals surface area contributed by atoms with E-state index >= 15 is 0 Å². The Morgan fingerprint density at radius 2 is 0.696 bits per heavy atom. The Morgan fingerprint density at radius 3 is 1.11 bits per heavy atom. The standard InChI is InChI=1S/2C17H18ClN.C17H19N/c1-19-17-10-9-14(12-5-4-6-13(18)11-12)15-7-2-3-8-16(15)17;1-19-17-11-10-14(12-6-8-13(18)9-7-12)15-4-2-3-5-16(15)17;1-18-17-12-11-14(13-7-3-2-4-8-13)15-9-5-6-10-16(15)17/h2-8,11,14,17,19H,9-10H2,1H3;2-9,14,17,19H,10-11H2,1H3;2-10,14,17-18H,11-12H2,1H3. The van der Waals surface area contributed by atoms with E-state index in [2.05, 4.69) is 150 Å². The van der Waals surface area contributed by atoms with Crippen molar-refractivity contribution < 1.29 is 0 Å². The second-order valence-electron chi connectivity index (χ2n) is 15.3. The van der Waals surface area contributed by atoms with Crippen LogP contribution in [0.2, 0.25) is 10.0 Å². The largest absolute Gasteiger partial charge is 0.313 e. The lowest BCUT2D eigenvalue weighted by molar-refractivity contribution is 0.471. The van der Waals surface area contributed by atoms with E-state index in [1.807, 2.05) is 38.4 Å². The molecule has 6 unspecified atom stereocenters. The molecule has 0 aromatic heterocycles. The van der Waals surface area contributed by atoms with Crippen LogP contribution >= 0.6 is 23.2 Å². The number of fused-ring (bicyclic) bond motifs is 3. The Balaban J connectivity index is 0.000000129. The van der Waals surface area contributed by atoms with Crippen LogP contribution in [0.1, 0.15) is 124 Å². The Kier molecular flexibility index (Phi) is 13.8. The van der Waals surface area contributed by atoms with Crippen LogP contribution in [0.3, 0.4) is 0 Å². The lowest BCUT2D eigenvalue weighted by Gasteiger charge is -2.31. The summed E-state index contributed by atoms with van der Waals surface area (Å²) in [6, 6.07) is 55.3. The Labute approximate surface area is 344 Å². The molecular formula is C51H55Cl2N3. The van der Waals surface area contributed by atoms with Gasteiger partial charge in [0.15, 0.2) is 0 Å². The Morgan fingerprint density at radius 1 is 0.339 bits per heavy atom. The van der Waals surface area contributed by atoms with Crippen LogP contribution in [0.4, 0.5) is 0 Å². The van der Waals surface area contributed by atoms with Crippen molar-refractivity contribution in [1.29, 1.82) is 0 Å². The summed E-state index contributed by atoms with van der Waals surface area (Å²) in [5.74, 6) is 1.53. The minimum Gasteiger partial charge on any atom is -0.313 e. The molecule has 0 saturated carbocycles. The van der Waals surface area contributed by atoms with Gasteiger partial charge in [0.1, 0.15) is 0 Å². The smallest absolute Gasteiger partial charge is 0.0408 e. The predicted molar refractivity (Wildman–Crippen MR) is 237 cm³/mol. The fraction of sp³-hybridized carbons (Fsp3) is 0.294. The van der Waals surface area contributed by atoms with Gasteiger partial charge in [-0.3, -0.25) is 0 Å². The second kappa shape index (κ2) is 19.3. The SMILES string of the molecule is CNC1CCC(c2ccc(Cl)cc2)c2ccccc21.CNC1CCC(c2cccc(Cl)c2)c2ccccc21.CNC1CCC(c2ccccc2)c2ccccc21. The highest BCUT2D eigenvalue weighted by Gasteiger charge is 2.29. The van der Waals surface area contributed by atoms with Gasteiger partial charge in [0.2, 0.25) is 0 Å². The maximum absolute atomic E-state index is 6.13. The first-order valence-corrected chi connectivity index (χ1v) is 21.1. The molecule has 0 radical (unpaired) electrons.